The maximum atomic E-state index is 12.7. The summed E-state index contributed by atoms with van der Waals surface area (Å²) in [5.74, 6) is 0.491. The van der Waals surface area contributed by atoms with Crippen molar-refractivity contribution in [2.24, 2.45) is 0 Å². The van der Waals surface area contributed by atoms with Gasteiger partial charge in [0.05, 0.1) is 7.11 Å². The molecule has 1 heterocycles. The Kier molecular flexibility index (Phi) is 5.11. The molecule has 1 unspecified atom stereocenters. The molecule has 6 heteroatoms. The largest absolute Gasteiger partial charge is 0.497 e. The highest BCUT2D eigenvalue weighted by Gasteiger charge is 2.37. The lowest BCUT2D eigenvalue weighted by Gasteiger charge is -2.24. The van der Waals surface area contributed by atoms with Crippen molar-refractivity contribution in [2.75, 3.05) is 36.3 Å². The number of rotatable bonds is 5. The van der Waals surface area contributed by atoms with Crippen LogP contribution >= 0.6 is 0 Å². The summed E-state index contributed by atoms with van der Waals surface area (Å²) in [6.07, 6.45) is 0.871. The van der Waals surface area contributed by atoms with Crippen LogP contribution < -0.4 is 19.9 Å². The molecule has 1 aliphatic rings. The van der Waals surface area contributed by atoms with Gasteiger partial charge in [0.2, 0.25) is 11.8 Å². The van der Waals surface area contributed by atoms with E-state index in [9.17, 15) is 9.59 Å². The molecule has 0 bridgehead atoms. The van der Waals surface area contributed by atoms with E-state index in [-0.39, 0.29) is 11.8 Å². The van der Waals surface area contributed by atoms with E-state index in [0.717, 1.165) is 11.4 Å². The smallest absolute Gasteiger partial charge is 0.247 e. The minimum Gasteiger partial charge on any atom is -0.497 e. The van der Waals surface area contributed by atoms with Gasteiger partial charge in [0.1, 0.15) is 11.8 Å². The van der Waals surface area contributed by atoms with Crippen LogP contribution in [0, 0.1) is 0 Å². The van der Waals surface area contributed by atoms with Crippen LogP contribution in [0.25, 0.3) is 0 Å². The molecule has 2 aromatic carbocycles. The van der Waals surface area contributed by atoms with Gasteiger partial charge >= 0.3 is 0 Å². The first-order valence-electron chi connectivity index (χ1n) is 8.54. The summed E-state index contributed by atoms with van der Waals surface area (Å²) >= 11 is 0. The van der Waals surface area contributed by atoms with E-state index in [4.69, 9.17) is 4.74 Å². The Morgan fingerprint density at radius 2 is 1.77 bits per heavy atom. The average Bonchev–Trinajstić information content (AvgIpc) is 3.04. The normalized spacial score (nSPS) is 16.5. The van der Waals surface area contributed by atoms with Crippen LogP contribution in [0.3, 0.4) is 0 Å². The molecule has 136 valence electrons. The minimum absolute atomic E-state index is 0.0433. The molecule has 0 aliphatic carbocycles. The third-order valence-electron chi connectivity index (χ3n) is 4.52. The van der Waals surface area contributed by atoms with Crippen molar-refractivity contribution in [2.45, 2.75) is 18.9 Å². The lowest BCUT2D eigenvalue weighted by Crippen LogP contribution is -2.41. The zero-order valence-corrected chi connectivity index (χ0v) is 15.2. The number of carbonyl (C=O) groups excluding carboxylic acids is 2. The second-order valence-electron chi connectivity index (χ2n) is 6.45. The minimum atomic E-state index is -0.510. The predicted molar refractivity (Wildman–Crippen MR) is 103 cm³/mol. The number of nitrogens with zero attached hydrogens (tertiary/aromatic N) is 2. The van der Waals surface area contributed by atoms with E-state index in [2.05, 4.69) is 5.32 Å². The molecule has 3 rings (SSSR count). The van der Waals surface area contributed by atoms with Crippen molar-refractivity contribution < 1.29 is 14.3 Å². The lowest BCUT2D eigenvalue weighted by atomic mass is 10.1. The van der Waals surface area contributed by atoms with Gasteiger partial charge in [0.25, 0.3) is 0 Å². The number of ether oxygens (including phenoxy) is 1. The molecule has 26 heavy (non-hydrogen) atoms. The van der Waals surface area contributed by atoms with Gasteiger partial charge in [0, 0.05) is 37.6 Å². The third-order valence-corrected chi connectivity index (χ3v) is 4.52. The zero-order valence-electron chi connectivity index (χ0n) is 15.2. The van der Waals surface area contributed by atoms with Gasteiger partial charge in [-0.15, -0.1) is 0 Å². The Labute approximate surface area is 153 Å². The summed E-state index contributed by atoms with van der Waals surface area (Å²) in [6.45, 7) is 0. The Bertz CT molecular complexity index is 785. The number of nitrogens with one attached hydrogen (secondary N) is 1. The first-order chi connectivity index (χ1) is 12.5. The zero-order chi connectivity index (χ0) is 18.7. The van der Waals surface area contributed by atoms with Gasteiger partial charge in [0.15, 0.2) is 0 Å². The molecular weight excluding hydrogens is 330 g/mol. The Hall–Kier alpha value is -3.02. The fourth-order valence-electron chi connectivity index (χ4n) is 3.07. The van der Waals surface area contributed by atoms with Crippen molar-refractivity contribution in [3.8, 4) is 5.75 Å². The van der Waals surface area contributed by atoms with Gasteiger partial charge in [-0.2, -0.15) is 0 Å². The van der Waals surface area contributed by atoms with Gasteiger partial charge < -0.3 is 15.0 Å². The van der Waals surface area contributed by atoms with Crippen LogP contribution in [0.5, 0.6) is 5.75 Å². The van der Waals surface area contributed by atoms with E-state index in [1.165, 1.54) is 0 Å². The summed E-state index contributed by atoms with van der Waals surface area (Å²) in [5.41, 5.74) is 2.48. The van der Waals surface area contributed by atoms with E-state index in [1.54, 1.807) is 36.3 Å². The quantitative estimate of drug-likeness (QED) is 0.898. The van der Waals surface area contributed by atoms with Crippen molar-refractivity contribution in [1.29, 1.82) is 0 Å². The maximum absolute atomic E-state index is 12.7. The van der Waals surface area contributed by atoms with Crippen molar-refractivity contribution in [1.82, 2.24) is 0 Å². The number of amides is 2. The number of benzene rings is 2. The Morgan fingerprint density at radius 3 is 2.35 bits per heavy atom. The maximum Gasteiger partial charge on any atom is 0.247 e. The van der Waals surface area contributed by atoms with Crippen LogP contribution in [-0.2, 0) is 9.59 Å². The second kappa shape index (κ2) is 7.47. The average molecular weight is 353 g/mol. The van der Waals surface area contributed by atoms with Crippen LogP contribution in [0.2, 0.25) is 0 Å². The van der Waals surface area contributed by atoms with Crippen LogP contribution in [0.15, 0.2) is 48.5 Å². The predicted octanol–water partition coefficient (Wildman–Crippen LogP) is 2.90. The first kappa shape index (κ1) is 17.8. The summed E-state index contributed by atoms with van der Waals surface area (Å²) in [6, 6.07) is 14.3. The standard InChI is InChI=1S/C20H23N3O3/c1-22(2)15-6-4-14(5-7-15)21-20(25)18-12-13-19(24)23(18)16-8-10-17(26-3)11-9-16/h4-11,18H,12-13H2,1-3H3,(H,21,25). The van der Waals surface area contributed by atoms with Gasteiger partial charge in [-0.1, -0.05) is 0 Å². The highest BCUT2D eigenvalue weighted by atomic mass is 16.5. The lowest BCUT2D eigenvalue weighted by molar-refractivity contribution is -0.120. The molecule has 1 N–H and O–H groups in total. The van der Waals surface area contributed by atoms with E-state index in [0.29, 0.717) is 24.3 Å². The monoisotopic (exact) mass is 353 g/mol. The number of methoxy groups -OCH3 is 1. The highest BCUT2D eigenvalue weighted by molar-refractivity contribution is 6.07. The summed E-state index contributed by atoms with van der Waals surface area (Å²) < 4.78 is 5.15. The number of carbonyl (C=O) groups is 2. The van der Waals surface area contributed by atoms with Gasteiger partial charge in [-0.3, -0.25) is 14.5 Å². The first-order valence-corrected chi connectivity index (χ1v) is 8.54. The second-order valence-corrected chi connectivity index (χ2v) is 6.45. The summed E-state index contributed by atoms with van der Waals surface area (Å²) in [5, 5.41) is 2.92. The molecule has 0 spiro atoms. The summed E-state index contributed by atoms with van der Waals surface area (Å²) in [7, 11) is 5.52. The third kappa shape index (κ3) is 3.64. The molecule has 0 saturated carbocycles. The van der Waals surface area contributed by atoms with Crippen molar-refractivity contribution in [3.63, 3.8) is 0 Å². The SMILES string of the molecule is COc1ccc(N2C(=O)CCC2C(=O)Nc2ccc(N(C)C)cc2)cc1. The number of hydrogen-bond acceptors (Lipinski definition) is 4. The van der Waals surface area contributed by atoms with Crippen LogP contribution in [-0.4, -0.2) is 39.1 Å². The van der Waals surface area contributed by atoms with Crippen LogP contribution in [0.4, 0.5) is 17.1 Å². The number of anilines is 3. The molecule has 1 fully saturated rings. The fourth-order valence-corrected chi connectivity index (χ4v) is 3.07. The van der Waals surface area contributed by atoms with Crippen molar-refractivity contribution in [3.05, 3.63) is 48.5 Å². The molecule has 1 atom stereocenters. The highest BCUT2D eigenvalue weighted by Crippen LogP contribution is 2.29. The van der Waals surface area contributed by atoms with E-state index >= 15 is 0 Å². The van der Waals surface area contributed by atoms with Gasteiger partial charge in [-0.05, 0) is 55.0 Å². The fraction of sp³-hybridized carbons (Fsp3) is 0.300. The molecule has 0 radical (unpaired) electrons. The molecule has 6 nitrogen and oxygen atoms in total. The topological polar surface area (TPSA) is 61.9 Å². The Morgan fingerprint density at radius 1 is 1.12 bits per heavy atom. The molecule has 1 saturated heterocycles. The molecule has 1 aliphatic heterocycles. The molecular formula is C20H23N3O3. The summed E-state index contributed by atoms with van der Waals surface area (Å²) in [4.78, 5) is 28.6. The number of hydrogen-bond donors (Lipinski definition) is 1. The molecule has 0 aromatic heterocycles. The Balaban J connectivity index is 1.75. The van der Waals surface area contributed by atoms with Gasteiger partial charge in [-0.25, -0.2) is 0 Å². The van der Waals surface area contributed by atoms with E-state index < -0.39 is 6.04 Å². The van der Waals surface area contributed by atoms with Crippen LogP contribution in [0.1, 0.15) is 12.8 Å². The van der Waals surface area contributed by atoms with E-state index in [1.807, 2.05) is 43.3 Å². The molecule has 2 amide bonds. The molecule has 2 aromatic rings. The van der Waals surface area contributed by atoms with Crippen molar-refractivity contribution >= 4 is 28.9 Å².